The fraction of sp³-hybridized carbons (Fsp3) is 0.643. The zero-order chi connectivity index (χ0) is 21.1. The first-order valence-electron chi connectivity index (χ1n) is 8.54. The Bertz CT molecular complexity index is 1050. The molecule has 4 N–H and O–H groups in total. The lowest BCUT2D eigenvalue weighted by atomic mass is 9.96. The van der Waals surface area contributed by atoms with Crippen LogP contribution in [0.3, 0.4) is 0 Å². The number of ether oxygens (including phenoxy) is 1. The van der Waals surface area contributed by atoms with Gasteiger partial charge < -0.3 is 15.6 Å². The van der Waals surface area contributed by atoms with Gasteiger partial charge in [-0.15, -0.1) is 0 Å². The normalized spacial score (nSPS) is 34.9. The first kappa shape index (κ1) is 20.3. The van der Waals surface area contributed by atoms with Crippen molar-refractivity contribution in [3.8, 4) is 0 Å². The van der Waals surface area contributed by atoms with Gasteiger partial charge in [-0.1, -0.05) is 0 Å². The summed E-state index contributed by atoms with van der Waals surface area (Å²) >= 11 is 0. The van der Waals surface area contributed by atoms with Gasteiger partial charge in [0.15, 0.2) is 23.0 Å². The van der Waals surface area contributed by atoms with Gasteiger partial charge in [-0.2, -0.15) is 4.98 Å². The van der Waals surface area contributed by atoms with Crippen molar-refractivity contribution in [2.75, 3.05) is 12.3 Å². The summed E-state index contributed by atoms with van der Waals surface area (Å²) in [5, 5.41) is 10.7. The van der Waals surface area contributed by atoms with Crippen molar-refractivity contribution < 1.29 is 36.8 Å². The van der Waals surface area contributed by atoms with Crippen molar-refractivity contribution in [3.05, 3.63) is 16.7 Å². The average Bonchev–Trinajstić information content (AvgIpc) is 3.14. The van der Waals surface area contributed by atoms with Crippen LogP contribution in [0.4, 0.5) is 14.7 Å². The Morgan fingerprint density at radius 3 is 2.90 bits per heavy atom. The number of aliphatic hydroxyl groups is 1. The topological polar surface area (TPSA) is 164 Å². The van der Waals surface area contributed by atoms with Crippen molar-refractivity contribution in [2.45, 2.75) is 50.4 Å². The first-order valence-corrected chi connectivity index (χ1v) is 10.00. The Morgan fingerprint density at radius 2 is 2.24 bits per heavy atom. The van der Waals surface area contributed by atoms with Crippen LogP contribution < -0.4 is 11.3 Å². The summed E-state index contributed by atoms with van der Waals surface area (Å²) in [6.45, 7) is 2.25. The summed E-state index contributed by atoms with van der Waals surface area (Å²) in [5.74, 6) is -0.243. The second kappa shape index (κ2) is 6.79. The monoisotopic (exact) mass is 437 g/mol. The molecule has 160 valence electrons. The maximum Gasteiger partial charge on any atom is 0.475 e. The molecular weight excluding hydrogens is 419 g/mol. The first-order chi connectivity index (χ1) is 13.6. The molecule has 4 rings (SSSR count). The van der Waals surface area contributed by atoms with E-state index < -0.39 is 56.6 Å². The van der Waals surface area contributed by atoms with Gasteiger partial charge in [0.2, 0.25) is 5.95 Å². The number of fused-ring (bicyclic) bond motifs is 2. The average molecular weight is 437 g/mol. The fourth-order valence-electron chi connectivity index (χ4n) is 3.32. The minimum Gasteiger partial charge on any atom is -0.386 e. The third-order valence-electron chi connectivity index (χ3n) is 4.55. The highest BCUT2D eigenvalue weighted by Crippen LogP contribution is 2.61. The lowest BCUT2D eigenvalue weighted by Crippen LogP contribution is -2.56. The van der Waals surface area contributed by atoms with E-state index in [0.29, 0.717) is 0 Å². The van der Waals surface area contributed by atoms with E-state index in [1.165, 1.54) is 0 Å². The van der Waals surface area contributed by atoms with Crippen LogP contribution in [-0.2, 0) is 22.9 Å². The predicted molar refractivity (Wildman–Crippen MR) is 92.1 cm³/mol. The Hall–Kier alpha value is -1.96. The van der Waals surface area contributed by atoms with E-state index >= 15 is 0 Å². The number of phosphoric acid groups is 1. The molecule has 29 heavy (non-hydrogen) atoms. The number of rotatable bonds is 4. The quantitative estimate of drug-likeness (QED) is 0.575. The highest BCUT2D eigenvalue weighted by atomic mass is 31.2. The zero-order valence-corrected chi connectivity index (χ0v) is 16.1. The van der Waals surface area contributed by atoms with Crippen LogP contribution in [0.25, 0.3) is 11.2 Å². The number of nitrogen functional groups attached to an aromatic ring is 1. The van der Waals surface area contributed by atoms with Gasteiger partial charge in [0.1, 0.15) is 12.2 Å². The van der Waals surface area contributed by atoms with Crippen LogP contribution >= 0.6 is 7.82 Å². The second-order valence-electron chi connectivity index (χ2n) is 6.93. The molecule has 5 atom stereocenters. The van der Waals surface area contributed by atoms with Crippen molar-refractivity contribution >= 4 is 24.9 Å². The number of hydrogen-bond donors (Lipinski definition) is 3. The largest absolute Gasteiger partial charge is 0.475 e. The number of hydrogen-bond acceptors (Lipinski definition) is 10. The van der Waals surface area contributed by atoms with Gasteiger partial charge in [-0.3, -0.25) is 27.9 Å². The fourth-order valence-corrected chi connectivity index (χ4v) is 4.95. The van der Waals surface area contributed by atoms with Crippen LogP contribution in [0.15, 0.2) is 11.1 Å². The molecule has 2 aromatic heterocycles. The van der Waals surface area contributed by atoms with E-state index in [1.807, 2.05) is 0 Å². The number of aromatic nitrogens is 4. The number of aliphatic hydroxyl groups excluding tert-OH is 1. The molecule has 0 aromatic carbocycles. The molecule has 2 aliphatic heterocycles. The van der Waals surface area contributed by atoms with Crippen molar-refractivity contribution in [3.63, 3.8) is 0 Å². The summed E-state index contributed by atoms with van der Waals surface area (Å²) in [6, 6.07) is 0. The molecule has 2 saturated heterocycles. The van der Waals surface area contributed by atoms with Crippen molar-refractivity contribution in [1.29, 1.82) is 0 Å². The third kappa shape index (κ3) is 3.16. The SMILES string of the molecule is CC(C)OP1(=O)OCC2(C(F)F)OC(n3cnc4c(=O)[nH]c(N)nc43)C(O)C2O1. The lowest BCUT2D eigenvalue weighted by Gasteiger charge is -2.39. The van der Waals surface area contributed by atoms with Gasteiger partial charge in [0.25, 0.3) is 12.0 Å². The van der Waals surface area contributed by atoms with E-state index in [9.17, 15) is 23.2 Å². The number of phosphoric ester groups is 1. The highest BCUT2D eigenvalue weighted by Gasteiger charge is 2.67. The van der Waals surface area contributed by atoms with E-state index in [-0.39, 0.29) is 17.1 Å². The van der Waals surface area contributed by atoms with E-state index in [0.717, 1.165) is 10.9 Å². The van der Waals surface area contributed by atoms with Crippen LogP contribution in [0.5, 0.6) is 0 Å². The number of anilines is 1. The number of H-pyrrole nitrogens is 1. The summed E-state index contributed by atoms with van der Waals surface area (Å²) in [4.78, 5) is 22.0. The third-order valence-corrected chi connectivity index (χ3v) is 6.16. The second-order valence-corrected chi connectivity index (χ2v) is 8.50. The van der Waals surface area contributed by atoms with E-state index in [2.05, 4.69) is 15.0 Å². The number of nitrogens with one attached hydrogen (secondary N) is 1. The van der Waals surface area contributed by atoms with Crippen LogP contribution in [0.1, 0.15) is 20.1 Å². The molecule has 15 heteroatoms. The van der Waals surface area contributed by atoms with Gasteiger partial charge in [0, 0.05) is 0 Å². The standard InChI is InChI=1S/C14H18F2N5O7P/c1-5(2)27-29(24)25-3-14(12(15)16)8(28-29)7(22)11(26-14)21-4-18-6-9(21)19-13(17)20-10(6)23/h4-5,7-8,11-12,22H,3H2,1-2H3,(H3,17,19,20,23). The minimum atomic E-state index is -4.22. The molecule has 2 aromatic rings. The number of alkyl halides is 2. The van der Waals surface area contributed by atoms with Crippen LogP contribution in [0.2, 0.25) is 0 Å². The van der Waals surface area contributed by atoms with Gasteiger partial charge in [-0.05, 0) is 13.8 Å². The summed E-state index contributed by atoms with van der Waals surface area (Å²) in [6.07, 6.45) is -7.66. The molecule has 5 unspecified atom stereocenters. The molecule has 12 nitrogen and oxygen atoms in total. The summed E-state index contributed by atoms with van der Waals surface area (Å²) in [7, 11) is -4.22. The van der Waals surface area contributed by atoms with Gasteiger partial charge >= 0.3 is 7.82 Å². The molecule has 0 radical (unpaired) electrons. The Morgan fingerprint density at radius 1 is 1.52 bits per heavy atom. The molecule has 2 fully saturated rings. The molecule has 2 aliphatic rings. The van der Waals surface area contributed by atoms with Crippen LogP contribution in [-0.4, -0.2) is 61.6 Å². The van der Waals surface area contributed by atoms with E-state index in [4.69, 9.17) is 24.0 Å². The summed E-state index contributed by atoms with van der Waals surface area (Å²) < 4.78 is 62.3. The Kier molecular flexibility index (Phi) is 4.76. The Labute approximate surface area is 161 Å². The Balaban J connectivity index is 1.76. The smallest absolute Gasteiger partial charge is 0.386 e. The van der Waals surface area contributed by atoms with Gasteiger partial charge in [0.05, 0.1) is 19.0 Å². The lowest BCUT2D eigenvalue weighted by molar-refractivity contribution is -0.208. The van der Waals surface area contributed by atoms with Crippen molar-refractivity contribution in [1.82, 2.24) is 19.5 Å². The number of halogens is 2. The number of nitrogens with two attached hydrogens (primary N) is 1. The molecule has 0 amide bonds. The van der Waals surface area contributed by atoms with E-state index in [1.54, 1.807) is 13.8 Å². The molecule has 0 spiro atoms. The maximum absolute atomic E-state index is 14.0. The molecule has 0 bridgehead atoms. The zero-order valence-electron chi connectivity index (χ0n) is 15.2. The number of nitrogens with zero attached hydrogens (tertiary/aromatic N) is 3. The highest BCUT2D eigenvalue weighted by molar-refractivity contribution is 7.48. The predicted octanol–water partition coefficient (Wildman–Crippen LogP) is 0.544. The molecular formula is C14H18F2N5O7P. The van der Waals surface area contributed by atoms with Crippen LogP contribution in [0, 0.1) is 0 Å². The summed E-state index contributed by atoms with van der Waals surface area (Å²) in [5.41, 5.74) is 2.21. The maximum atomic E-state index is 14.0. The number of imidazole rings is 1. The number of aromatic amines is 1. The minimum absolute atomic E-state index is 0.0964. The molecule has 4 heterocycles. The van der Waals surface area contributed by atoms with Gasteiger partial charge in [-0.25, -0.2) is 18.3 Å². The molecule has 0 aliphatic carbocycles. The van der Waals surface area contributed by atoms with Crippen molar-refractivity contribution in [2.24, 2.45) is 0 Å². The molecule has 0 saturated carbocycles.